The first-order valence-corrected chi connectivity index (χ1v) is 16.8. The largest absolute Gasteiger partial charge is 0.402 e. The molecule has 5 rings (SSSR count). The maximum absolute atomic E-state index is 15.3. The fourth-order valence-corrected chi connectivity index (χ4v) is 6.65. The third-order valence-electron chi connectivity index (χ3n) is 6.83. The zero-order valence-corrected chi connectivity index (χ0v) is 25.1. The number of aromatic nitrogens is 4. The molecular weight excluding hydrogens is 523 g/mol. The summed E-state index contributed by atoms with van der Waals surface area (Å²) in [7, 11) is 0.0366. The predicted octanol–water partition coefficient (Wildman–Crippen LogP) is 5.33. The zero-order chi connectivity index (χ0) is 29.0. The molecule has 1 saturated carbocycles. The van der Waals surface area contributed by atoms with Crippen LogP contribution in [0.25, 0.3) is 21.8 Å². The first-order valence-electron chi connectivity index (χ1n) is 13.4. The Balaban J connectivity index is 1.43. The molecule has 0 radical (unpaired) electrons. The van der Waals surface area contributed by atoms with E-state index in [0.717, 1.165) is 29.7 Å². The SMILES string of the molecule is Cc1cc(CN(C(=O)c2cc3c(cc2F)nc(N)c2cnn(C)c23)C2CC2)ncc1C#CC(C)(C)O[Si](C)(C)C. The number of carbonyl (C=O) groups is 1. The average Bonchev–Trinajstić information content (AvgIpc) is 3.61. The van der Waals surface area contributed by atoms with Crippen molar-refractivity contribution in [2.24, 2.45) is 7.05 Å². The number of fused-ring (bicyclic) bond motifs is 3. The van der Waals surface area contributed by atoms with E-state index in [0.29, 0.717) is 21.8 Å². The molecule has 0 saturated heterocycles. The van der Waals surface area contributed by atoms with Gasteiger partial charge in [0.1, 0.15) is 17.2 Å². The summed E-state index contributed by atoms with van der Waals surface area (Å²) in [5, 5.41) is 5.57. The van der Waals surface area contributed by atoms with Crippen molar-refractivity contribution in [3.05, 3.63) is 58.8 Å². The van der Waals surface area contributed by atoms with Gasteiger partial charge in [-0.1, -0.05) is 11.8 Å². The third kappa shape index (κ3) is 5.71. The van der Waals surface area contributed by atoms with Crippen molar-refractivity contribution in [3.8, 4) is 11.8 Å². The molecule has 0 spiro atoms. The lowest BCUT2D eigenvalue weighted by atomic mass is 10.1. The van der Waals surface area contributed by atoms with Crippen LogP contribution in [0.1, 0.15) is 53.9 Å². The fraction of sp³-hybridized carbons (Fsp3) is 0.400. The van der Waals surface area contributed by atoms with Gasteiger partial charge in [0.25, 0.3) is 5.91 Å². The lowest BCUT2D eigenvalue weighted by Crippen LogP contribution is -2.37. The highest BCUT2D eigenvalue weighted by Gasteiger charge is 2.35. The van der Waals surface area contributed by atoms with Gasteiger partial charge in [-0.2, -0.15) is 5.10 Å². The van der Waals surface area contributed by atoms with Gasteiger partial charge in [-0.25, -0.2) is 9.37 Å². The van der Waals surface area contributed by atoms with Gasteiger partial charge in [0.15, 0.2) is 8.32 Å². The Morgan fingerprint density at radius 3 is 2.60 bits per heavy atom. The number of pyridine rings is 2. The fourth-order valence-electron chi connectivity index (χ4n) is 5.07. The van der Waals surface area contributed by atoms with Crippen molar-refractivity contribution in [2.75, 3.05) is 5.73 Å². The Morgan fingerprint density at radius 2 is 1.95 bits per heavy atom. The number of rotatable bonds is 6. The summed E-state index contributed by atoms with van der Waals surface area (Å²) in [6.45, 7) is 12.6. The Kier molecular flexibility index (Phi) is 6.92. The first kappa shape index (κ1) is 27.7. The van der Waals surface area contributed by atoms with Crippen molar-refractivity contribution in [2.45, 2.75) is 71.4 Å². The molecule has 0 bridgehead atoms. The van der Waals surface area contributed by atoms with Crippen molar-refractivity contribution < 1.29 is 13.6 Å². The summed E-state index contributed by atoms with van der Waals surface area (Å²) in [5.41, 5.74) is 9.10. The number of nitrogens with zero attached hydrogens (tertiary/aromatic N) is 5. The number of halogens is 1. The standard InChI is InChI=1S/C30H35FN6O2Si/c1-18-12-20(33-15-19(18)10-11-30(2,3)39-40(5,6)7)17-37(21-8-9-21)29(38)22-13-23-26(14-25(22)31)35-28(32)24-16-34-36(4)27(23)24/h12-16,21H,8-9,17H2,1-7H3,(H2,32,35). The zero-order valence-electron chi connectivity index (χ0n) is 24.1. The Morgan fingerprint density at radius 1 is 1.23 bits per heavy atom. The molecule has 1 aliphatic rings. The second kappa shape index (κ2) is 9.98. The van der Waals surface area contributed by atoms with Crippen molar-refractivity contribution in [1.82, 2.24) is 24.6 Å². The van der Waals surface area contributed by atoms with E-state index >= 15 is 4.39 Å². The van der Waals surface area contributed by atoms with Crippen LogP contribution in [0.4, 0.5) is 10.2 Å². The molecule has 40 heavy (non-hydrogen) atoms. The molecule has 3 heterocycles. The van der Waals surface area contributed by atoms with Gasteiger partial charge < -0.3 is 15.1 Å². The number of nitrogens with two attached hydrogens (primary N) is 1. The minimum Gasteiger partial charge on any atom is -0.402 e. The lowest BCUT2D eigenvalue weighted by molar-refractivity contribution is 0.0723. The van der Waals surface area contributed by atoms with E-state index < -0.39 is 19.7 Å². The molecule has 208 valence electrons. The number of benzene rings is 1. The number of carbonyl (C=O) groups excluding carboxylic acids is 1. The van der Waals surface area contributed by atoms with Gasteiger partial charge in [-0.3, -0.25) is 14.5 Å². The summed E-state index contributed by atoms with van der Waals surface area (Å²) in [5.74, 6) is 5.73. The molecule has 1 amide bonds. The lowest BCUT2D eigenvalue weighted by Gasteiger charge is -2.28. The average molecular weight is 559 g/mol. The summed E-state index contributed by atoms with van der Waals surface area (Å²) in [4.78, 5) is 24.4. The summed E-state index contributed by atoms with van der Waals surface area (Å²) in [6, 6.07) is 4.84. The van der Waals surface area contributed by atoms with E-state index in [9.17, 15) is 4.79 Å². The molecule has 8 nitrogen and oxygen atoms in total. The molecule has 1 aliphatic carbocycles. The molecule has 4 aromatic rings. The molecule has 0 unspecified atom stereocenters. The smallest absolute Gasteiger partial charge is 0.257 e. The molecule has 3 aromatic heterocycles. The minimum atomic E-state index is -1.75. The van der Waals surface area contributed by atoms with Crippen LogP contribution in [0, 0.1) is 24.6 Å². The van der Waals surface area contributed by atoms with Gasteiger partial charge >= 0.3 is 0 Å². The van der Waals surface area contributed by atoms with Crippen molar-refractivity contribution >= 4 is 41.8 Å². The van der Waals surface area contributed by atoms with E-state index in [1.807, 2.05) is 26.8 Å². The molecule has 2 N–H and O–H groups in total. The van der Waals surface area contributed by atoms with Gasteiger partial charge in [-0.15, -0.1) is 0 Å². The number of nitrogen functional groups attached to an aromatic ring is 1. The van der Waals surface area contributed by atoms with Gasteiger partial charge in [0.05, 0.1) is 40.4 Å². The number of aryl methyl sites for hydroxylation is 2. The third-order valence-corrected chi connectivity index (χ3v) is 7.96. The normalized spacial score (nSPS) is 13.9. The van der Waals surface area contributed by atoms with E-state index in [1.165, 1.54) is 6.07 Å². The van der Waals surface area contributed by atoms with E-state index in [4.69, 9.17) is 10.2 Å². The van der Waals surface area contributed by atoms with Crippen LogP contribution >= 0.6 is 0 Å². The number of amides is 1. The van der Waals surface area contributed by atoms with Crippen molar-refractivity contribution in [3.63, 3.8) is 0 Å². The quantitative estimate of drug-likeness (QED) is 0.254. The van der Waals surface area contributed by atoms with Crippen LogP contribution in [0.5, 0.6) is 0 Å². The highest BCUT2D eigenvalue weighted by atomic mass is 28.4. The molecular formula is C30H35FN6O2Si. The second-order valence-electron chi connectivity index (χ2n) is 12.0. The van der Waals surface area contributed by atoms with E-state index in [1.54, 1.807) is 35.1 Å². The second-order valence-corrected chi connectivity index (χ2v) is 16.4. The van der Waals surface area contributed by atoms with Crippen LogP contribution in [-0.2, 0) is 18.0 Å². The summed E-state index contributed by atoms with van der Waals surface area (Å²) < 4.78 is 23.2. The summed E-state index contributed by atoms with van der Waals surface area (Å²) >= 11 is 0. The van der Waals surface area contributed by atoms with Gasteiger partial charge in [0, 0.05) is 36.3 Å². The van der Waals surface area contributed by atoms with Crippen LogP contribution in [-0.4, -0.2) is 50.5 Å². The Bertz CT molecular complexity index is 1710. The van der Waals surface area contributed by atoms with Gasteiger partial charge in [0.2, 0.25) is 0 Å². The topological polar surface area (TPSA) is 99.2 Å². The van der Waals surface area contributed by atoms with Crippen LogP contribution in [0.15, 0.2) is 30.6 Å². The molecule has 10 heteroatoms. The van der Waals surface area contributed by atoms with Gasteiger partial charge in [-0.05, 0) is 71.0 Å². The number of anilines is 1. The highest BCUT2D eigenvalue weighted by Crippen LogP contribution is 2.33. The number of hydrogen-bond acceptors (Lipinski definition) is 6. The maximum Gasteiger partial charge on any atom is 0.257 e. The van der Waals surface area contributed by atoms with E-state index in [-0.39, 0.29) is 29.9 Å². The number of hydrogen-bond donors (Lipinski definition) is 1. The van der Waals surface area contributed by atoms with Crippen LogP contribution < -0.4 is 5.73 Å². The molecule has 0 atom stereocenters. The first-order chi connectivity index (χ1) is 18.7. The van der Waals surface area contributed by atoms with Crippen molar-refractivity contribution in [1.29, 1.82) is 0 Å². The Hall–Kier alpha value is -3.81. The summed E-state index contributed by atoms with van der Waals surface area (Å²) in [6.07, 6.45) is 5.11. The minimum absolute atomic E-state index is 0.00249. The molecule has 1 aromatic carbocycles. The monoisotopic (exact) mass is 558 g/mol. The maximum atomic E-state index is 15.3. The Labute approximate surface area is 234 Å². The molecule has 1 fully saturated rings. The van der Waals surface area contributed by atoms with Crippen LogP contribution in [0.2, 0.25) is 19.6 Å². The molecule has 0 aliphatic heterocycles. The van der Waals surface area contributed by atoms with E-state index in [2.05, 4.69) is 46.5 Å². The van der Waals surface area contributed by atoms with Crippen LogP contribution in [0.3, 0.4) is 0 Å². The highest BCUT2D eigenvalue weighted by molar-refractivity contribution is 6.69. The predicted molar refractivity (Wildman–Crippen MR) is 158 cm³/mol.